The molecule has 0 aliphatic carbocycles. The Kier molecular flexibility index (Phi) is 3.10. The Labute approximate surface area is 98.5 Å². The van der Waals surface area contributed by atoms with Gasteiger partial charge in [-0.3, -0.25) is 4.99 Å². The van der Waals surface area contributed by atoms with Crippen LogP contribution in [0.15, 0.2) is 21.6 Å². The number of rotatable bonds is 2. The fraction of sp³-hybridized carbons (Fsp3) is 0.417. The maximum absolute atomic E-state index is 5.26. The molecule has 1 heterocycles. The average molecular weight is 268 g/mol. The summed E-state index contributed by atoms with van der Waals surface area (Å²) in [5.41, 5.74) is 2.53. The third kappa shape index (κ3) is 2.07. The lowest BCUT2D eigenvalue weighted by Gasteiger charge is -2.18. The summed E-state index contributed by atoms with van der Waals surface area (Å²) >= 11 is 3.51. The molecule has 3 heteroatoms. The molecule has 1 aromatic carbocycles. The second-order valence-electron chi connectivity index (χ2n) is 3.73. The van der Waals surface area contributed by atoms with Crippen molar-refractivity contribution in [2.45, 2.75) is 25.8 Å². The van der Waals surface area contributed by atoms with Crippen LogP contribution in [0, 0.1) is 0 Å². The molecule has 0 fully saturated rings. The summed E-state index contributed by atoms with van der Waals surface area (Å²) in [5, 5.41) is 0. The van der Waals surface area contributed by atoms with Crippen LogP contribution in [0.2, 0.25) is 0 Å². The lowest BCUT2D eigenvalue weighted by Crippen LogP contribution is -2.14. The minimum atomic E-state index is 0.442. The molecule has 1 aromatic rings. The fourth-order valence-electron chi connectivity index (χ4n) is 1.81. The molecule has 0 amide bonds. The Bertz CT molecular complexity index is 401. The highest BCUT2D eigenvalue weighted by Gasteiger charge is 2.15. The van der Waals surface area contributed by atoms with Crippen molar-refractivity contribution in [2.24, 2.45) is 4.99 Å². The molecule has 0 N–H and O–H groups in total. The van der Waals surface area contributed by atoms with Crippen molar-refractivity contribution >= 4 is 22.1 Å². The summed E-state index contributed by atoms with van der Waals surface area (Å²) < 4.78 is 6.28. The van der Waals surface area contributed by atoms with Gasteiger partial charge >= 0.3 is 0 Å². The van der Waals surface area contributed by atoms with E-state index >= 15 is 0 Å². The van der Waals surface area contributed by atoms with E-state index in [1.807, 2.05) is 12.3 Å². The number of methoxy groups -OCH3 is 1. The molecule has 1 aliphatic rings. The van der Waals surface area contributed by atoms with Crippen molar-refractivity contribution in [1.82, 2.24) is 0 Å². The number of hydrogen-bond acceptors (Lipinski definition) is 2. The zero-order chi connectivity index (χ0) is 10.8. The van der Waals surface area contributed by atoms with Crippen LogP contribution < -0.4 is 4.74 Å². The van der Waals surface area contributed by atoms with E-state index in [0.29, 0.717) is 6.04 Å². The fourth-order valence-corrected chi connectivity index (χ4v) is 2.36. The van der Waals surface area contributed by atoms with Gasteiger partial charge in [0.1, 0.15) is 5.75 Å². The first-order chi connectivity index (χ1) is 7.24. The van der Waals surface area contributed by atoms with Gasteiger partial charge in [0, 0.05) is 6.21 Å². The summed E-state index contributed by atoms with van der Waals surface area (Å²) in [7, 11) is 1.68. The van der Waals surface area contributed by atoms with Gasteiger partial charge < -0.3 is 4.74 Å². The molecule has 1 atom stereocenters. The van der Waals surface area contributed by atoms with E-state index in [1.165, 1.54) is 11.1 Å². The highest BCUT2D eigenvalue weighted by molar-refractivity contribution is 9.10. The Morgan fingerprint density at radius 2 is 2.33 bits per heavy atom. The first-order valence-corrected chi connectivity index (χ1v) is 5.93. The van der Waals surface area contributed by atoms with Crippen LogP contribution in [0.4, 0.5) is 0 Å². The standard InChI is InChI=1S/C12H14BrNO/c1-3-10-4-8-5-11(13)12(15-2)6-9(8)7-14-10/h5-7,10H,3-4H2,1-2H3/t10-/m0/s1. The van der Waals surface area contributed by atoms with Gasteiger partial charge in [-0.2, -0.15) is 0 Å². The molecule has 0 saturated heterocycles. The van der Waals surface area contributed by atoms with E-state index in [2.05, 4.69) is 33.9 Å². The highest BCUT2D eigenvalue weighted by atomic mass is 79.9. The molecule has 0 radical (unpaired) electrons. The molecule has 0 unspecified atom stereocenters. The summed E-state index contributed by atoms with van der Waals surface area (Å²) in [6, 6.07) is 4.62. The van der Waals surface area contributed by atoms with Crippen LogP contribution in [0.3, 0.4) is 0 Å². The molecule has 2 nitrogen and oxygen atoms in total. The van der Waals surface area contributed by atoms with Crippen LogP contribution in [-0.2, 0) is 6.42 Å². The number of ether oxygens (including phenoxy) is 1. The topological polar surface area (TPSA) is 21.6 Å². The van der Waals surface area contributed by atoms with Crippen LogP contribution in [0.25, 0.3) is 0 Å². The van der Waals surface area contributed by atoms with E-state index in [-0.39, 0.29) is 0 Å². The maximum atomic E-state index is 5.26. The SMILES string of the molecule is CC[C@H]1Cc2cc(Br)c(OC)cc2C=N1. The van der Waals surface area contributed by atoms with Gasteiger partial charge in [0.15, 0.2) is 0 Å². The van der Waals surface area contributed by atoms with E-state index < -0.39 is 0 Å². The smallest absolute Gasteiger partial charge is 0.133 e. The van der Waals surface area contributed by atoms with Crippen molar-refractivity contribution in [3.05, 3.63) is 27.7 Å². The van der Waals surface area contributed by atoms with Crippen molar-refractivity contribution in [3.8, 4) is 5.75 Å². The zero-order valence-electron chi connectivity index (χ0n) is 8.96. The van der Waals surface area contributed by atoms with Crippen LogP contribution in [0.5, 0.6) is 5.75 Å². The second kappa shape index (κ2) is 4.35. The molecular weight excluding hydrogens is 254 g/mol. The third-order valence-electron chi connectivity index (χ3n) is 2.76. The number of aliphatic imine (C=N–C) groups is 1. The number of nitrogens with zero attached hydrogens (tertiary/aromatic N) is 1. The van der Waals surface area contributed by atoms with Gasteiger partial charge in [0.05, 0.1) is 17.6 Å². The summed E-state index contributed by atoms with van der Waals surface area (Å²) in [5.74, 6) is 0.871. The molecule has 0 aromatic heterocycles. The van der Waals surface area contributed by atoms with Gasteiger partial charge in [-0.1, -0.05) is 6.92 Å². The molecule has 15 heavy (non-hydrogen) atoms. The lowest BCUT2D eigenvalue weighted by atomic mass is 9.96. The van der Waals surface area contributed by atoms with Crippen molar-refractivity contribution in [3.63, 3.8) is 0 Å². The Morgan fingerprint density at radius 1 is 1.53 bits per heavy atom. The van der Waals surface area contributed by atoms with Crippen molar-refractivity contribution in [1.29, 1.82) is 0 Å². The van der Waals surface area contributed by atoms with Gasteiger partial charge in [0.2, 0.25) is 0 Å². The minimum absolute atomic E-state index is 0.442. The maximum Gasteiger partial charge on any atom is 0.133 e. The first kappa shape index (κ1) is 10.7. The Balaban J connectivity index is 2.40. The summed E-state index contributed by atoms with van der Waals surface area (Å²) in [6.45, 7) is 2.17. The first-order valence-electron chi connectivity index (χ1n) is 5.14. The minimum Gasteiger partial charge on any atom is -0.496 e. The number of hydrogen-bond donors (Lipinski definition) is 0. The molecule has 0 saturated carbocycles. The van der Waals surface area contributed by atoms with E-state index in [1.54, 1.807) is 7.11 Å². The van der Waals surface area contributed by atoms with Crippen LogP contribution in [-0.4, -0.2) is 19.4 Å². The van der Waals surface area contributed by atoms with E-state index in [4.69, 9.17) is 4.74 Å². The second-order valence-corrected chi connectivity index (χ2v) is 4.58. The molecule has 0 spiro atoms. The Hall–Kier alpha value is -0.830. The lowest BCUT2D eigenvalue weighted by molar-refractivity contribution is 0.411. The van der Waals surface area contributed by atoms with E-state index in [9.17, 15) is 0 Å². The zero-order valence-corrected chi connectivity index (χ0v) is 10.5. The number of fused-ring (bicyclic) bond motifs is 1. The Morgan fingerprint density at radius 3 is 3.00 bits per heavy atom. The molecule has 0 bridgehead atoms. The van der Waals surface area contributed by atoms with E-state index in [0.717, 1.165) is 23.1 Å². The number of halogens is 1. The largest absolute Gasteiger partial charge is 0.496 e. The highest BCUT2D eigenvalue weighted by Crippen LogP contribution is 2.30. The van der Waals surface area contributed by atoms with Crippen molar-refractivity contribution < 1.29 is 4.74 Å². The number of benzene rings is 1. The van der Waals surface area contributed by atoms with Gasteiger partial charge in [0.25, 0.3) is 0 Å². The monoisotopic (exact) mass is 267 g/mol. The molecule has 2 rings (SSSR count). The quantitative estimate of drug-likeness (QED) is 0.807. The van der Waals surface area contributed by atoms with Gasteiger partial charge in [-0.25, -0.2) is 0 Å². The van der Waals surface area contributed by atoms with Crippen LogP contribution >= 0.6 is 15.9 Å². The molecular formula is C12H14BrNO. The summed E-state index contributed by atoms with van der Waals surface area (Å²) in [4.78, 5) is 4.50. The van der Waals surface area contributed by atoms with Gasteiger partial charge in [-0.15, -0.1) is 0 Å². The summed E-state index contributed by atoms with van der Waals surface area (Å²) in [6.07, 6.45) is 4.09. The predicted octanol–water partition coefficient (Wildman–Crippen LogP) is 3.21. The predicted molar refractivity (Wildman–Crippen MR) is 66.1 cm³/mol. The van der Waals surface area contributed by atoms with Crippen molar-refractivity contribution in [2.75, 3.05) is 7.11 Å². The normalized spacial score (nSPS) is 18.7. The van der Waals surface area contributed by atoms with Gasteiger partial charge in [-0.05, 0) is 52.0 Å². The molecule has 1 aliphatic heterocycles. The third-order valence-corrected chi connectivity index (χ3v) is 3.38. The average Bonchev–Trinajstić information content (AvgIpc) is 2.27. The molecule has 80 valence electrons. The van der Waals surface area contributed by atoms with Crippen LogP contribution in [0.1, 0.15) is 24.5 Å².